The lowest BCUT2D eigenvalue weighted by molar-refractivity contribution is -0.128. The molecule has 8 heteroatoms. The van der Waals surface area contributed by atoms with Gasteiger partial charge in [0.15, 0.2) is 9.84 Å². The highest BCUT2D eigenvalue weighted by Gasteiger charge is 2.41. The van der Waals surface area contributed by atoms with Crippen molar-refractivity contribution in [1.29, 1.82) is 0 Å². The van der Waals surface area contributed by atoms with Gasteiger partial charge in [0.05, 0.1) is 11.7 Å². The summed E-state index contributed by atoms with van der Waals surface area (Å²) in [5.74, 6) is -0.0260. The zero-order valence-corrected chi connectivity index (χ0v) is 14.9. The maximum atomic E-state index is 12.4. The van der Waals surface area contributed by atoms with E-state index >= 15 is 0 Å². The van der Waals surface area contributed by atoms with Crippen LogP contribution >= 0.6 is 0 Å². The maximum absolute atomic E-state index is 12.4. The zero-order chi connectivity index (χ0) is 18.0. The molecular formula is C17H22N2O5S. The summed E-state index contributed by atoms with van der Waals surface area (Å²) in [6, 6.07) is 7.14. The molecule has 1 unspecified atom stereocenters. The number of hydrogen-bond donors (Lipinski definition) is 1. The van der Waals surface area contributed by atoms with Crippen molar-refractivity contribution in [2.24, 2.45) is 5.92 Å². The molecule has 1 saturated carbocycles. The third-order valence-electron chi connectivity index (χ3n) is 4.34. The van der Waals surface area contributed by atoms with Crippen molar-refractivity contribution >= 4 is 27.3 Å². The van der Waals surface area contributed by atoms with Crippen LogP contribution in [-0.2, 0) is 19.4 Å². The molecule has 1 atom stereocenters. The Morgan fingerprint density at radius 2 is 2.12 bits per heavy atom. The minimum atomic E-state index is -3.08. The number of benzene rings is 1. The topological polar surface area (TPSA) is 92.8 Å². The first-order valence-corrected chi connectivity index (χ1v) is 10.4. The molecule has 136 valence electrons. The lowest BCUT2D eigenvalue weighted by Gasteiger charge is -2.15. The molecule has 7 nitrogen and oxygen atoms in total. The molecule has 2 fully saturated rings. The van der Waals surface area contributed by atoms with E-state index in [1.54, 1.807) is 24.3 Å². The molecular weight excluding hydrogens is 344 g/mol. The number of carbonyl (C=O) groups excluding carboxylic acids is 2. The first-order chi connectivity index (χ1) is 11.8. The van der Waals surface area contributed by atoms with Gasteiger partial charge < -0.3 is 15.0 Å². The summed E-state index contributed by atoms with van der Waals surface area (Å²) in [7, 11) is -3.08. The van der Waals surface area contributed by atoms with Gasteiger partial charge in [0.2, 0.25) is 11.8 Å². The van der Waals surface area contributed by atoms with E-state index in [2.05, 4.69) is 5.32 Å². The van der Waals surface area contributed by atoms with Crippen molar-refractivity contribution in [2.45, 2.75) is 25.3 Å². The van der Waals surface area contributed by atoms with E-state index in [0.29, 0.717) is 24.0 Å². The predicted molar refractivity (Wildman–Crippen MR) is 93.1 cm³/mol. The van der Waals surface area contributed by atoms with Crippen molar-refractivity contribution in [1.82, 2.24) is 4.90 Å². The summed E-state index contributed by atoms with van der Waals surface area (Å²) in [6.45, 7) is 0.545. The second-order valence-electron chi connectivity index (χ2n) is 6.67. The largest absolute Gasteiger partial charge is 0.492 e. The van der Waals surface area contributed by atoms with Crippen LogP contribution in [0.2, 0.25) is 0 Å². The average Bonchev–Trinajstić information content (AvgIpc) is 3.29. The molecule has 0 bridgehead atoms. The molecule has 2 aliphatic rings. The van der Waals surface area contributed by atoms with Crippen molar-refractivity contribution in [3.05, 3.63) is 24.3 Å². The zero-order valence-electron chi connectivity index (χ0n) is 14.1. The van der Waals surface area contributed by atoms with E-state index in [-0.39, 0.29) is 36.5 Å². The Labute approximate surface area is 147 Å². The highest BCUT2D eigenvalue weighted by molar-refractivity contribution is 7.90. The maximum Gasteiger partial charge on any atom is 0.229 e. The SMILES string of the molecule is CS(=O)(=O)CCOc1cccc(NC(=O)C2CC(=O)N(C3CC3)C2)c1. The van der Waals surface area contributed by atoms with Gasteiger partial charge in [0.25, 0.3) is 0 Å². The third-order valence-corrected chi connectivity index (χ3v) is 5.25. The molecule has 0 radical (unpaired) electrons. The molecule has 0 aromatic heterocycles. The Balaban J connectivity index is 1.54. The van der Waals surface area contributed by atoms with Crippen LogP contribution in [0, 0.1) is 5.92 Å². The lowest BCUT2D eigenvalue weighted by Crippen LogP contribution is -2.29. The summed E-state index contributed by atoms with van der Waals surface area (Å²) in [4.78, 5) is 26.2. The molecule has 1 aromatic carbocycles. The van der Waals surface area contributed by atoms with Gasteiger partial charge in [-0.2, -0.15) is 0 Å². The number of hydrogen-bond acceptors (Lipinski definition) is 5. The Kier molecular flexibility index (Phi) is 4.99. The Morgan fingerprint density at radius 1 is 1.36 bits per heavy atom. The van der Waals surface area contributed by atoms with Crippen molar-refractivity contribution in [2.75, 3.05) is 30.5 Å². The van der Waals surface area contributed by atoms with E-state index in [0.717, 1.165) is 19.1 Å². The molecule has 1 aromatic rings. The second kappa shape index (κ2) is 7.03. The molecule has 1 saturated heterocycles. The standard InChI is InChI=1S/C17H22N2O5S/c1-25(22,23)8-7-24-15-4-2-3-13(10-15)18-17(21)12-9-16(20)19(11-12)14-5-6-14/h2-4,10,12,14H,5-9,11H2,1H3,(H,18,21). The minimum absolute atomic E-state index is 0.0560. The summed E-state index contributed by atoms with van der Waals surface area (Å²) in [6.07, 6.45) is 3.48. The van der Waals surface area contributed by atoms with Crippen LogP contribution in [0.1, 0.15) is 19.3 Å². The fourth-order valence-corrected chi connectivity index (χ4v) is 3.25. The van der Waals surface area contributed by atoms with E-state index in [9.17, 15) is 18.0 Å². The molecule has 1 heterocycles. The quantitative estimate of drug-likeness (QED) is 0.779. The Morgan fingerprint density at radius 3 is 2.80 bits per heavy atom. The number of nitrogens with zero attached hydrogens (tertiary/aromatic N) is 1. The lowest BCUT2D eigenvalue weighted by atomic mass is 10.1. The Hall–Kier alpha value is -2.09. The number of amides is 2. The smallest absolute Gasteiger partial charge is 0.229 e. The van der Waals surface area contributed by atoms with Crippen LogP contribution in [0.15, 0.2) is 24.3 Å². The van der Waals surface area contributed by atoms with E-state index in [1.807, 2.05) is 4.90 Å². The van der Waals surface area contributed by atoms with Crippen molar-refractivity contribution in [3.63, 3.8) is 0 Å². The van der Waals surface area contributed by atoms with Crippen LogP contribution in [0.4, 0.5) is 5.69 Å². The number of sulfone groups is 1. The summed E-state index contributed by atoms with van der Waals surface area (Å²) >= 11 is 0. The summed E-state index contributed by atoms with van der Waals surface area (Å²) in [5.41, 5.74) is 0.569. The first kappa shape index (κ1) is 17.7. The Bertz CT molecular complexity index is 773. The molecule has 3 rings (SSSR count). The highest BCUT2D eigenvalue weighted by atomic mass is 32.2. The van der Waals surface area contributed by atoms with Crippen LogP contribution in [0.3, 0.4) is 0 Å². The minimum Gasteiger partial charge on any atom is -0.492 e. The van der Waals surface area contributed by atoms with E-state index in [1.165, 1.54) is 0 Å². The van der Waals surface area contributed by atoms with Crippen LogP contribution in [0.5, 0.6) is 5.75 Å². The average molecular weight is 366 g/mol. The molecule has 2 amide bonds. The number of nitrogens with one attached hydrogen (secondary N) is 1. The fourth-order valence-electron chi connectivity index (χ4n) is 2.87. The highest BCUT2D eigenvalue weighted by Crippen LogP contribution is 2.33. The van der Waals surface area contributed by atoms with E-state index in [4.69, 9.17) is 4.74 Å². The molecule has 1 N–H and O–H groups in total. The number of anilines is 1. The van der Waals surface area contributed by atoms with Gasteiger partial charge in [-0.3, -0.25) is 9.59 Å². The molecule has 1 aliphatic carbocycles. The van der Waals surface area contributed by atoms with Gasteiger partial charge >= 0.3 is 0 Å². The molecule has 25 heavy (non-hydrogen) atoms. The van der Waals surface area contributed by atoms with Gasteiger partial charge in [-0.15, -0.1) is 0 Å². The van der Waals surface area contributed by atoms with Crippen molar-refractivity contribution < 1.29 is 22.7 Å². The normalized spacial score (nSPS) is 20.6. The van der Waals surface area contributed by atoms with Gasteiger partial charge in [0.1, 0.15) is 12.4 Å². The van der Waals surface area contributed by atoms with Gasteiger partial charge in [-0.25, -0.2) is 8.42 Å². The van der Waals surface area contributed by atoms with Crippen molar-refractivity contribution in [3.8, 4) is 5.75 Å². The van der Waals surface area contributed by atoms with Crippen LogP contribution in [-0.4, -0.2) is 56.3 Å². The monoisotopic (exact) mass is 366 g/mol. The van der Waals surface area contributed by atoms with Gasteiger partial charge in [0, 0.05) is 37.0 Å². The van der Waals surface area contributed by atoms with E-state index < -0.39 is 9.84 Å². The second-order valence-corrected chi connectivity index (χ2v) is 8.93. The predicted octanol–water partition coefficient (Wildman–Crippen LogP) is 1.06. The molecule has 1 aliphatic heterocycles. The number of likely N-dealkylation sites (tertiary alicyclic amines) is 1. The first-order valence-electron chi connectivity index (χ1n) is 8.33. The van der Waals surface area contributed by atoms with Gasteiger partial charge in [-0.1, -0.05) is 6.07 Å². The van der Waals surface area contributed by atoms with Gasteiger partial charge in [-0.05, 0) is 25.0 Å². The molecule has 0 spiro atoms. The number of carbonyl (C=O) groups is 2. The third kappa shape index (κ3) is 4.94. The van der Waals surface area contributed by atoms with Crippen LogP contribution < -0.4 is 10.1 Å². The summed E-state index contributed by atoms with van der Waals surface area (Å²) in [5, 5.41) is 2.82. The van der Waals surface area contributed by atoms with Crippen LogP contribution in [0.25, 0.3) is 0 Å². The number of rotatable bonds is 7. The summed E-state index contributed by atoms with van der Waals surface area (Å²) < 4.78 is 27.6. The fraction of sp³-hybridized carbons (Fsp3) is 0.529. The number of ether oxygens (including phenoxy) is 1.